The molecular weight excluding hydrogens is 256 g/mol. The number of nitrogens with zero attached hydrogens (tertiary/aromatic N) is 3. The summed E-state index contributed by atoms with van der Waals surface area (Å²) in [7, 11) is 0. The first kappa shape index (κ1) is 12.1. The highest BCUT2D eigenvalue weighted by Gasteiger charge is 2.16. The molecule has 1 unspecified atom stereocenters. The molecule has 2 aromatic heterocycles. The summed E-state index contributed by atoms with van der Waals surface area (Å²) in [6.45, 7) is 5.72. The van der Waals surface area contributed by atoms with E-state index in [2.05, 4.69) is 20.5 Å². The summed E-state index contributed by atoms with van der Waals surface area (Å²) >= 11 is 2.87. The molecule has 0 radical (unpaired) electrons. The van der Waals surface area contributed by atoms with E-state index in [0.29, 0.717) is 5.01 Å². The van der Waals surface area contributed by atoms with Gasteiger partial charge < -0.3 is 5.32 Å². The highest BCUT2D eigenvalue weighted by atomic mass is 32.1. The second kappa shape index (κ2) is 4.89. The summed E-state index contributed by atoms with van der Waals surface area (Å²) in [6, 6.07) is -0.106. The van der Waals surface area contributed by atoms with Gasteiger partial charge in [-0.2, -0.15) is 0 Å². The van der Waals surface area contributed by atoms with Gasteiger partial charge >= 0.3 is 0 Å². The van der Waals surface area contributed by atoms with Crippen LogP contribution in [0.2, 0.25) is 0 Å². The number of nitrogens with one attached hydrogen (secondary N) is 1. The van der Waals surface area contributed by atoms with Crippen LogP contribution >= 0.6 is 22.7 Å². The third-order valence-electron chi connectivity index (χ3n) is 2.08. The molecule has 0 spiro atoms. The van der Waals surface area contributed by atoms with E-state index in [1.165, 1.54) is 11.3 Å². The van der Waals surface area contributed by atoms with Crippen LogP contribution in [0, 0.1) is 13.8 Å². The average Bonchev–Trinajstić information content (AvgIpc) is 2.87. The average molecular weight is 268 g/mol. The molecule has 1 atom stereocenters. The molecule has 0 aromatic carbocycles. The number of hydrogen-bond donors (Lipinski definition) is 1. The van der Waals surface area contributed by atoms with Crippen LogP contribution in [-0.4, -0.2) is 21.1 Å². The van der Waals surface area contributed by atoms with Gasteiger partial charge in [-0.15, -0.1) is 21.5 Å². The first-order valence-corrected chi connectivity index (χ1v) is 6.73. The third kappa shape index (κ3) is 2.86. The van der Waals surface area contributed by atoms with Crippen LogP contribution in [0.15, 0.2) is 6.20 Å². The monoisotopic (exact) mass is 268 g/mol. The van der Waals surface area contributed by atoms with Gasteiger partial charge in [0, 0.05) is 11.1 Å². The molecule has 1 amide bonds. The highest BCUT2D eigenvalue weighted by Crippen LogP contribution is 2.19. The number of aryl methyl sites for hydroxylation is 2. The van der Waals surface area contributed by atoms with Crippen molar-refractivity contribution in [1.29, 1.82) is 0 Å². The zero-order chi connectivity index (χ0) is 12.4. The third-order valence-corrected chi connectivity index (χ3v) is 4.01. The van der Waals surface area contributed by atoms with Gasteiger partial charge in [0.15, 0.2) is 0 Å². The van der Waals surface area contributed by atoms with Gasteiger partial charge in [-0.05, 0) is 20.8 Å². The molecule has 0 aliphatic carbocycles. The van der Waals surface area contributed by atoms with Gasteiger partial charge in [0.2, 0.25) is 5.01 Å². The van der Waals surface area contributed by atoms with E-state index in [-0.39, 0.29) is 11.9 Å². The molecule has 17 heavy (non-hydrogen) atoms. The molecule has 0 saturated heterocycles. The Morgan fingerprint density at radius 3 is 2.65 bits per heavy atom. The molecule has 0 aliphatic rings. The summed E-state index contributed by atoms with van der Waals surface area (Å²) < 4.78 is 0. The topological polar surface area (TPSA) is 67.8 Å². The van der Waals surface area contributed by atoms with Crippen molar-refractivity contribution >= 4 is 28.6 Å². The largest absolute Gasteiger partial charge is 0.341 e. The van der Waals surface area contributed by atoms with Crippen LogP contribution in [-0.2, 0) is 0 Å². The van der Waals surface area contributed by atoms with Crippen molar-refractivity contribution < 1.29 is 4.79 Å². The summed E-state index contributed by atoms with van der Waals surface area (Å²) in [5.41, 5.74) is 0. The highest BCUT2D eigenvalue weighted by molar-refractivity contribution is 7.13. The van der Waals surface area contributed by atoms with Gasteiger partial charge in [0.05, 0.1) is 6.04 Å². The Morgan fingerprint density at radius 2 is 2.12 bits per heavy atom. The van der Waals surface area contributed by atoms with Crippen molar-refractivity contribution in [3.63, 3.8) is 0 Å². The Hall–Kier alpha value is -1.34. The van der Waals surface area contributed by atoms with Gasteiger partial charge in [0.1, 0.15) is 10.0 Å². The summed E-state index contributed by atoms with van der Waals surface area (Å²) in [6.07, 6.45) is 1.80. The lowest BCUT2D eigenvalue weighted by Crippen LogP contribution is -2.26. The van der Waals surface area contributed by atoms with Crippen LogP contribution in [0.4, 0.5) is 0 Å². The van der Waals surface area contributed by atoms with Crippen molar-refractivity contribution in [2.24, 2.45) is 0 Å². The lowest BCUT2D eigenvalue weighted by molar-refractivity contribution is 0.0938. The van der Waals surface area contributed by atoms with Crippen LogP contribution in [0.25, 0.3) is 0 Å². The summed E-state index contributed by atoms with van der Waals surface area (Å²) in [5.74, 6) is -0.198. The predicted molar refractivity (Wildman–Crippen MR) is 67.4 cm³/mol. The smallest absolute Gasteiger partial charge is 0.282 e. The molecule has 2 aromatic rings. The Bertz CT molecular complexity index is 534. The Kier molecular flexibility index (Phi) is 3.49. The van der Waals surface area contributed by atoms with E-state index < -0.39 is 0 Å². The van der Waals surface area contributed by atoms with Gasteiger partial charge in [-0.25, -0.2) is 4.98 Å². The standard InChI is InChI=1S/C10H12N4OS2/c1-5-4-11-9(16-5)6(2)12-8(15)10-14-13-7(3)17-10/h4,6H,1-3H3,(H,12,15). The van der Waals surface area contributed by atoms with Gasteiger partial charge in [-0.3, -0.25) is 4.79 Å². The van der Waals surface area contributed by atoms with Gasteiger partial charge in [0.25, 0.3) is 5.91 Å². The zero-order valence-electron chi connectivity index (χ0n) is 9.72. The second-order valence-corrected chi connectivity index (χ2v) is 6.08. The molecular formula is C10H12N4OS2. The minimum atomic E-state index is -0.198. The molecule has 2 rings (SSSR count). The molecule has 90 valence electrons. The van der Waals surface area contributed by atoms with E-state index in [1.54, 1.807) is 17.5 Å². The Labute approximate surface area is 107 Å². The van der Waals surface area contributed by atoms with Crippen molar-refractivity contribution in [3.8, 4) is 0 Å². The summed E-state index contributed by atoms with van der Waals surface area (Å²) in [5, 5.41) is 12.6. The minimum absolute atomic E-state index is 0.106. The fraction of sp³-hybridized carbons (Fsp3) is 0.400. The van der Waals surface area contributed by atoms with E-state index in [0.717, 1.165) is 14.9 Å². The predicted octanol–water partition coefficient (Wildman–Crippen LogP) is 2.10. The molecule has 0 bridgehead atoms. The van der Waals surface area contributed by atoms with Gasteiger partial charge in [-0.1, -0.05) is 11.3 Å². The molecule has 0 saturated carbocycles. The van der Waals surface area contributed by atoms with Crippen molar-refractivity contribution in [2.45, 2.75) is 26.8 Å². The fourth-order valence-corrected chi connectivity index (χ4v) is 2.65. The lowest BCUT2D eigenvalue weighted by atomic mass is 10.3. The van der Waals surface area contributed by atoms with Crippen molar-refractivity contribution in [2.75, 3.05) is 0 Å². The second-order valence-electron chi connectivity index (χ2n) is 3.63. The molecule has 0 aliphatic heterocycles. The Morgan fingerprint density at radius 1 is 1.35 bits per heavy atom. The van der Waals surface area contributed by atoms with Crippen LogP contribution in [0.5, 0.6) is 0 Å². The first-order chi connectivity index (χ1) is 8.06. The first-order valence-electron chi connectivity index (χ1n) is 5.09. The number of thiazole rings is 1. The van der Waals surface area contributed by atoms with Crippen LogP contribution in [0.1, 0.15) is 37.7 Å². The number of carbonyl (C=O) groups is 1. The maximum Gasteiger partial charge on any atom is 0.282 e. The molecule has 1 N–H and O–H groups in total. The SMILES string of the molecule is Cc1cnc(C(C)NC(=O)c2nnc(C)s2)s1. The fourth-order valence-electron chi connectivity index (χ4n) is 1.28. The van der Waals surface area contributed by atoms with Crippen LogP contribution < -0.4 is 5.32 Å². The maximum atomic E-state index is 11.8. The van der Waals surface area contributed by atoms with Crippen molar-refractivity contribution in [3.05, 3.63) is 26.1 Å². The molecule has 0 fully saturated rings. The van der Waals surface area contributed by atoms with E-state index in [9.17, 15) is 4.79 Å². The number of aromatic nitrogens is 3. The van der Waals surface area contributed by atoms with E-state index in [4.69, 9.17) is 0 Å². The summed E-state index contributed by atoms with van der Waals surface area (Å²) in [4.78, 5) is 17.2. The number of carbonyl (C=O) groups excluding carboxylic acids is 1. The normalized spacial score (nSPS) is 12.4. The lowest BCUT2D eigenvalue weighted by Gasteiger charge is -2.08. The number of hydrogen-bond acceptors (Lipinski definition) is 6. The van der Waals surface area contributed by atoms with Crippen LogP contribution in [0.3, 0.4) is 0 Å². The number of rotatable bonds is 3. The molecule has 7 heteroatoms. The zero-order valence-corrected chi connectivity index (χ0v) is 11.4. The van der Waals surface area contributed by atoms with E-state index in [1.807, 2.05) is 20.8 Å². The van der Waals surface area contributed by atoms with E-state index >= 15 is 0 Å². The quantitative estimate of drug-likeness (QED) is 0.925. The Balaban J connectivity index is 2.04. The molecule has 5 nitrogen and oxygen atoms in total. The number of amides is 1. The minimum Gasteiger partial charge on any atom is -0.341 e. The molecule has 2 heterocycles. The maximum absolute atomic E-state index is 11.8. The van der Waals surface area contributed by atoms with Crippen molar-refractivity contribution in [1.82, 2.24) is 20.5 Å².